The Morgan fingerprint density at radius 2 is 1.88 bits per heavy atom. The third-order valence-electron chi connectivity index (χ3n) is 9.84. The van der Waals surface area contributed by atoms with E-state index < -0.39 is 47.0 Å². The molecular weight excluding hydrogens is 655 g/mol. The van der Waals surface area contributed by atoms with E-state index in [0.717, 1.165) is 6.07 Å². The monoisotopic (exact) mass is 686 g/mol. The van der Waals surface area contributed by atoms with Crippen LogP contribution >= 0.6 is 0 Å². The minimum atomic E-state index is -4.79. The average Bonchev–Trinajstić information content (AvgIpc) is 3.75. The molecule has 2 unspecified atom stereocenters. The molecule has 4 aliphatic rings. The van der Waals surface area contributed by atoms with E-state index in [1.165, 1.54) is 32.2 Å². The van der Waals surface area contributed by atoms with Gasteiger partial charge in [0.2, 0.25) is 11.7 Å². The number of ether oxygens (including phenoxy) is 1. The molecule has 0 radical (unpaired) electrons. The highest BCUT2D eigenvalue weighted by molar-refractivity contribution is 5.85. The van der Waals surface area contributed by atoms with Gasteiger partial charge < -0.3 is 24.3 Å². The number of ketones is 1. The second-order valence-corrected chi connectivity index (χ2v) is 13.4. The van der Waals surface area contributed by atoms with Gasteiger partial charge in [-0.1, -0.05) is 29.4 Å². The van der Waals surface area contributed by atoms with Crippen molar-refractivity contribution in [2.45, 2.75) is 68.2 Å². The number of piperidine rings is 2. The van der Waals surface area contributed by atoms with Gasteiger partial charge >= 0.3 is 18.2 Å². The lowest BCUT2D eigenvalue weighted by molar-refractivity contribution is -0.159. The number of nitrogens with zero attached hydrogens (tertiary/aromatic N) is 5. The molecule has 2 aliphatic heterocycles. The number of hydrogen-bond donors (Lipinski definition) is 1. The molecule has 2 aliphatic carbocycles. The second-order valence-electron chi connectivity index (χ2n) is 13.4. The highest BCUT2D eigenvalue weighted by Crippen LogP contribution is 2.52. The molecule has 0 spiro atoms. The van der Waals surface area contributed by atoms with E-state index in [0.29, 0.717) is 37.1 Å². The zero-order valence-corrected chi connectivity index (χ0v) is 26.4. The Kier molecular flexibility index (Phi) is 7.84. The molecule has 8 rings (SSSR count). The molecule has 3 atom stereocenters. The maximum Gasteiger partial charge on any atom is 0.471 e. The fourth-order valence-corrected chi connectivity index (χ4v) is 7.50. The molecule has 2 bridgehead atoms. The summed E-state index contributed by atoms with van der Waals surface area (Å²) >= 11 is 0. The topological polar surface area (TPSA) is 150 Å². The smallest absolute Gasteiger partial charge is 0.453 e. The molecule has 49 heavy (non-hydrogen) atoms. The van der Waals surface area contributed by atoms with Gasteiger partial charge in [-0.3, -0.25) is 4.79 Å². The van der Waals surface area contributed by atoms with Gasteiger partial charge in [0.05, 0.1) is 24.1 Å². The van der Waals surface area contributed by atoms with E-state index in [1.807, 2.05) is 0 Å². The summed E-state index contributed by atoms with van der Waals surface area (Å²) in [4.78, 5) is 30.4. The zero-order chi connectivity index (χ0) is 34.9. The summed E-state index contributed by atoms with van der Waals surface area (Å²) < 4.78 is 86.3. The van der Waals surface area contributed by atoms with Gasteiger partial charge in [-0.05, 0) is 66.8 Å². The predicted molar refractivity (Wildman–Crippen MR) is 160 cm³/mol. The van der Waals surface area contributed by atoms with Crippen LogP contribution in [0.2, 0.25) is 0 Å². The minimum Gasteiger partial charge on any atom is -0.453 e. The number of methoxy groups -OCH3 is 1. The van der Waals surface area contributed by atoms with Gasteiger partial charge in [0.1, 0.15) is 17.3 Å². The molecule has 1 saturated carbocycles. The van der Waals surface area contributed by atoms with Crippen LogP contribution in [0.5, 0.6) is 0 Å². The Morgan fingerprint density at radius 1 is 1.14 bits per heavy atom. The van der Waals surface area contributed by atoms with Crippen molar-refractivity contribution in [1.82, 2.24) is 25.2 Å². The van der Waals surface area contributed by atoms with Crippen molar-refractivity contribution in [1.29, 1.82) is 0 Å². The van der Waals surface area contributed by atoms with Crippen molar-refractivity contribution >= 4 is 11.9 Å². The summed E-state index contributed by atoms with van der Waals surface area (Å²) in [6, 6.07) is 7.65. The fourth-order valence-electron chi connectivity index (χ4n) is 7.50. The van der Waals surface area contributed by atoms with Crippen molar-refractivity contribution in [2.24, 2.45) is 11.7 Å². The lowest BCUT2D eigenvalue weighted by Crippen LogP contribution is -2.60. The molecule has 3 fully saturated rings. The van der Waals surface area contributed by atoms with Crippen LogP contribution in [0.4, 0.5) is 26.7 Å². The second kappa shape index (κ2) is 11.7. The van der Waals surface area contributed by atoms with Crippen LogP contribution in [0.3, 0.4) is 0 Å². The maximum atomic E-state index is 16.3. The van der Waals surface area contributed by atoms with Crippen LogP contribution in [0.1, 0.15) is 67.0 Å². The Morgan fingerprint density at radius 3 is 2.55 bits per heavy atom. The standard InChI is InChI=1S/C33H31F5N6O5/c1-31(35)13-24(39)25(45)8-19(7-16-3-5-18(6-4-16)26-40-29(49-43-26)33(36,37)38)20-9-21(23(34)10-22(20)31)27-41-42-28(48-27)32-11-17(12-32)14-44(15-32)30(46)47-2/h3-6,9-10,17,19,24H,7-8,11-15,39H2,1-2H3/t17?,19?,24-,31?,32?/m1/s1. The van der Waals surface area contributed by atoms with Gasteiger partial charge in [-0.25, -0.2) is 13.6 Å². The number of nitrogens with two attached hydrogens (primary N) is 1. The first-order valence-corrected chi connectivity index (χ1v) is 15.6. The summed E-state index contributed by atoms with van der Waals surface area (Å²) in [6.07, 6.45) is -4.08. The lowest BCUT2D eigenvalue weighted by atomic mass is 9.58. The van der Waals surface area contributed by atoms with Gasteiger partial charge in [0, 0.05) is 31.5 Å². The largest absolute Gasteiger partial charge is 0.471 e. The normalized spacial score (nSPS) is 26.8. The summed E-state index contributed by atoms with van der Waals surface area (Å²) in [5, 5.41) is 11.8. The van der Waals surface area contributed by atoms with Crippen molar-refractivity contribution in [2.75, 3.05) is 20.2 Å². The van der Waals surface area contributed by atoms with Gasteiger partial charge in [0.25, 0.3) is 5.89 Å². The van der Waals surface area contributed by atoms with E-state index in [9.17, 15) is 22.8 Å². The van der Waals surface area contributed by atoms with Crippen LogP contribution in [0.15, 0.2) is 45.3 Å². The molecule has 2 aromatic heterocycles. The third-order valence-corrected chi connectivity index (χ3v) is 9.84. The number of amides is 1. The molecule has 16 heteroatoms. The molecule has 2 aromatic carbocycles. The van der Waals surface area contributed by atoms with E-state index in [4.69, 9.17) is 14.9 Å². The summed E-state index contributed by atoms with van der Waals surface area (Å²) in [5.41, 5.74) is 4.56. The van der Waals surface area contributed by atoms with E-state index >= 15 is 8.78 Å². The Balaban J connectivity index is 1.22. The van der Waals surface area contributed by atoms with Crippen LogP contribution in [-0.4, -0.2) is 63.4 Å². The number of benzene rings is 2. The fraction of sp³-hybridized carbons (Fsp3) is 0.455. The molecule has 2 N–H and O–H groups in total. The van der Waals surface area contributed by atoms with Crippen LogP contribution < -0.4 is 5.73 Å². The van der Waals surface area contributed by atoms with Crippen molar-refractivity contribution in [3.05, 3.63) is 70.7 Å². The Hall–Kier alpha value is -4.73. The number of carbonyl (C=O) groups excluding carboxylic acids is 2. The average molecular weight is 687 g/mol. The number of fused-ring (bicyclic) bond motifs is 3. The number of alkyl halides is 4. The lowest BCUT2D eigenvalue weighted by Gasteiger charge is -2.53. The number of halogens is 5. The maximum absolute atomic E-state index is 16.3. The highest BCUT2D eigenvalue weighted by Gasteiger charge is 2.56. The van der Waals surface area contributed by atoms with Crippen molar-refractivity contribution in [3.8, 4) is 22.8 Å². The predicted octanol–water partition coefficient (Wildman–Crippen LogP) is 5.88. The zero-order valence-electron chi connectivity index (χ0n) is 26.4. The van der Waals surface area contributed by atoms with Crippen LogP contribution in [0, 0.1) is 11.7 Å². The molecular formula is C33H31F5N6O5. The number of carbonyl (C=O) groups is 2. The molecule has 258 valence electrons. The van der Waals surface area contributed by atoms with E-state index in [-0.39, 0.29) is 65.3 Å². The number of Topliss-reactive ketones (excluding diaryl/α,β-unsaturated/α-hetero) is 1. The highest BCUT2D eigenvalue weighted by atomic mass is 19.4. The molecule has 4 aromatic rings. The number of rotatable bonds is 5. The van der Waals surface area contributed by atoms with E-state index in [1.54, 1.807) is 17.0 Å². The van der Waals surface area contributed by atoms with Gasteiger partial charge in [-0.15, -0.1) is 10.2 Å². The summed E-state index contributed by atoms with van der Waals surface area (Å²) in [7, 11) is 1.31. The summed E-state index contributed by atoms with van der Waals surface area (Å²) in [5.74, 6) is -3.21. The molecule has 1 amide bonds. The van der Waals surface area contributed by atoms with Crippen LogP contribution in [-0.2, 0) is 33.2 Å². The molecule has 2 saturated heterocycles. The van der Waals surface area contributed by atoms with E-state index in [2.05, 4.69) is 24.9 Å². The number of hydrogen-bond acceptors (Lipinski definition) is 10. The summed E-state index contributed by atoms with van der Waals surface area (Å²) in [6.45, 7) is 2.12. The molecule has 11 nitrogen and oxygen atoms in total. The Bertz CT molecular complexity index is 1920. The first-order valence-electron chi connectivity index (χ1n) is 15.6. The first-order chi connectivity index (χ1) is 23.2. The van der Waals surface area contributed by atoms with Gasteiger partial charge in [-0.2, -0.15) is 18.2 Å². The SMILES string of the molecule is COC(=O)N1CC2CC(c3nnc(-c4cc5c(cc4F)C(C)(F)C[C@@H](N)C(=O)CC5Cc4ccc(-c5noc(C(F)(F)F)n5)cc4)o3)(C2)C1. The van der Waals surface area contributed by atoms with Crippen molar-refractivity contribution < 1.29 is 45.2 Å². The first kappa shape index (κ1) is 32.8. The Labute approximate surface area is 276 Å². The quantitative estimate of drug-likeness (QED) is 0.252. The number of aromatic nitrogens is 4. The molecule has 4 heterocycles. The van der Waals surface area contributed by atoms with Crippen LogP contribution in [0.25, 0.3) is 22.8 Å². The minimum absolute atomic E-state index is 0.0333. The van der Waals surface area contributed by atoms with Crippen molar-refractivity contribution in [3.63, 3.8) is 0 Å². The van der Waals surface area contributed by atoms with Gasteiger partial charge in [0.15, 0.2) is 0 Å². The third kappa shape index (κ3) is 5.95.